The highest BCUT2D eigenvalue weighted by Gasteiger charge is 2.37. The summed E-state index contributed by atoms with van der Waals surface area (Å²) in [5.41, 5.74) is 16.8. The van der Waals surface area contributed by atoms with Gasteiger partial charge in [0.2, 0.25) is 47.3 Å². The summed E-state index contributed by atoms with van der Waals surface area (Å²) in [4.78, 5) is 140. The van der Waals surface area contributed by atoms with Crippen molar-refractivity contribution in [2.75, 3.05) is 6.54 Å². The van der Waals surface area contributed by atoms with Crippen molar-refractivity contribution in [2.45, 2.75) is 167 Å². The van der Waals surface area contributed by atoms with Crippen LogP contribution in [0.4, 0.5) is 0 Å². The number of unbranched alkanes of at least 4 members (excludes halogenated alkanes) is 1. The maximum atomic E-state index is 14.0. The minimum Gasteiger partial charge on any atom is -0.481 e. The van der Waals surface area contributed by atoms with E-state index in [1.54, 1.807) is 41.5 Å². The molecule has 0 saturated carbocycles. The second kappa shape index (κ2) is 30.3. The van der Waals surface area contributed by atoms with Crippen LogP contribution in [0.15, 0.2) is 0 Å². The van der Waals surface area contributed by atoms with Crippen molar-refractivity contribution < 1.29 is 73.2 Å². The molecule has 0 aromatic carbocycles. The van der Waals surface area contributed by atoms with Crippen LogP contribution < -0.4 is 54.4 Å². The van der Waals surface area contributed by atoms with E-state index in [0.717, 1.165) is 0 Å². The van der Waals surface area contributed by atoms with E-state index in [1.165, 1.54) is 6.92 Å². The first-order valence-corrected chi connectivity index (χ1v) is 21.9. The lowest BCUT2D eigenvalue weighted by Gasteiger charge is -2.30. The summed E-state index contributed by atoms with van der Waals surface area (Å²) in [5.74, 6) is -13.3. The molecule has 0 aromatic heterocycles. The Bertz CT molecular complexity index is 1700. The van der Waals surface area contributed by atoms with Gasteiger partial charge in [-0.15, -0.1) is 0 Å². The van der Waals surface area contributed by atoms with Crippen LogP contribution in [0.5, 0.6) is 0 Å². The lowest BCUT2D eigenvalue weighted by Crippen LogP contribution is -2.62. The summed E-state index contributed by atoms with van der Waals surface area (Å²) in [6.07, 6.45) is -3.03. The van der Waals surface area contributed by atoms with Gasteiger partial charge >= 0.3 is 17.9 Å². The van der Waals surface area contributed by atoms with Gasteiger partial charge in [-0.3, -0.25) is 47.9 Å². The van der Waals surface area contributed by atoms with Gasteiger partial charge in [-0.1, -0.05) is 48.0 Å². The molecule has 0 heterocycles. The van der Waals surface area contributed by atoms with E-state index in [-0.39, 0.29) is 44.1 Å². The standard InChI is InChI=1S/C41H72N10O15/c1-8-21(6)32(39(63)48-25(15-19(2)3)36(60)47-27(17-29(44)53)37(61)49-28(41(65)66)18-31(56)57)50-35(59)24(11-9-10-14-42)45-40(64)33(22(7)52)51-38(62)26(16-20(4)5)46-34(58)23(43)12-13-30(54)55/h19-28,32-33,52H,8-18,42-43H2,1-7H3,(H2,44,53)(H,45,64)(H,46,58)(H,47,60)(H,48,63)(H,49,61)(H,50,59)(H,51,62)(H,54,55)(H,56,57)(H,65,66)/t21-,22+,23-,24-,25-,26-,27-,28-,32-,33-/m0/s1. The summed E-state index contributed by atoms with van der Waals surface area (Å²) in [5, 5.41) is 54.9. The highest BCUT2D eigenvalue weighted by atomic mass is 16.4. The first kappa shape index (κ1) is 60.1. The maximum Gasteiger partial charge on any atom is 0.326 e. The summed E-state index contributed by atoms with van der Waals surface area (Å²) < 4.78 is 0. The molecular formula is C41H72N10O15. The van der Waals surface area contributed by atoms with Crippen LogP contribution in [-0.2, 0) is 52.7 Å². The number of amides is 8. The van der Waals surface area contributed by atoms with Crippen LogP contribution in [0.3, 0.4) is 0 Å². The number of aliphatic hydroxyl groups is 1. The highest BCUT2D eigenvalue weighted by Crippen LogP contribution is 2.14. The molecule has 10 atom stereocenters. The topological polar surface area (TPSA) is 431 Å². The Labute approximate surface area is 383 Å². The SMILES string of the molecule is CC[C@H](C)[C@H](NC(=O)[C@H](CCCCN)NC(=O)[C@@H](NC(=O)[C@H](CC(C)C)NC(=O)[C@@H](N)CCC(=O)O)[C@@H](C)O)C(=O)N[C@@H](CC(C)C)C(=O)N[C@@H](CC(N)=O)C(=O)N[C@@H](CC(=O)O)C(=O)O. The van der Waals surface area contributed by atoms with Crippen LogP contribution in [0.2, 0.25) is 0 Å². The van der Waals surface area contributed by atoms with Crippen molar-refractivity contribution in [1.82, 2.24) is 37.2 Å². The molecular weight excluding hydrogens is 873 g/mol. The van der Waals surface area contributed by atoms with E-state index in [4.69, 9.17) is 27.4 Å². The second-order valence-electron chi connectivity index (χ2n) is 17.1. The van der Waals surface area contributed by atoms with Crippen molar-refractivity contribution in [1.29, 1.82) is 0 Å². The Balaban J connectivity index is 6.55. The number of carboxylic acids is 3. The van der Waals surface area contributed by atoms with Gasteiger partial charge < -0.3 is 74.8 Å². The second-order valence-corrected chi connectivity index (χ2v) is 17.1. The van der Waals surface area contributed by atoms with Gasteiger partial charge in [0.25, 0.3) is 0 Å². The van der Waals surface area contributed by atoms with Crippen LogP contribution in [0.25, 0.3) is 0 Å². The molecule has 0 fully saturated rings. The third-order valence-electron chi connectivity index (χ3n) is 10.2. The number of carboxylic acid groups (broad SMARTS) is 3. The summed E-state index contributed by atoms with van der Waals surface area (Å²) in [7, 11) is 0. The van der Waals surface area contributed by atoms with Gasteiger partial charge in [-0.05, 0) is 69.7 Å². The molecule has 0 aromatic rings. The molecule has 25 heteroatoms. The lowest BCUT2D eigenvalue weighted by molar-refractivity contribution is -0.147. The number of hydrogen-bond acceptors (Lipinski definition) is 14. The van der Waals surface area contributed by atoms with Crippen molar-refractivity contribution in [3.63, 3.8) is 0 Å². The number of carbonyl (C=O) groups excluding carboxylic acids is 8. The quantitative estimate of drug-likeness (QED) is 0.0286. The van der Waals surface area contributed by atoms with E-state index in [0.29, 0.717) is 19.3 Å². The molecule has 0 bridgehead atoms. The fourth-order valence-electron chi connectivity index (χ4n) is 6.32. The Kier molecular flexibility index (Phi) is 27.6. The lowest BCUT2D eigenvalue weighted by atomic mass is 9.96. The van der Waals surface area contributed by atoms with Crippen molar-refractivity contribution in [2.24, 2.45) is 35.0 Å². The molecule has 0 aliphatic heterocycles. The smallest absolute Gasteiger partial charge is 0.326 e. The minimum atomic E-state index is -1.93. The molecule has 66 heavy (non-hydrogen) atoms. The van der Waals surface area contributed by atoms with E-state index in [2.05, 4.69) is 31.9 Å². The highest BCUT2D eigenvalue weighted by molar-refractivity contribution is 5.98. The van der Waals surface area contributed by atoms with Gasteiger partial charge in [-0.25, -0.2) is 4.79 Å². The zero-order valence-electron chi connectivity index (χ0n) is 38.7. The number of nitrogens with one attached hydrogen (secondary N) is 7. The molecule has 25 nitrogen and oxygen atoms in total. The fourth-order valence-corrected chi connectivity index (χ4v) is 6.32. The van der Waals surface area contributed by atoms with Gasteiger partial charge in [0, 0.05) is 6.42 Å². The average molecular weight is 945 g/mol. The Morgan fingerprint density at radius 2 is 0.955 bits per heavy atom. The molecule has 8 amide bonds. The summed E-state index contributed by atoms with van der Waals surface area (Å²) in [6, 6.07) is -12.1. The molecule has 17 N–H and O–H groups in total. The first-order valence-electron chi connectivity index (χ1n) is 21.9. The number of carbonyl (C=O) groups is 11. The van der Waals surface area contributed by atoms with Gasteiger partial charge in [0.15, 0.2) is 0 Å². The van der Waals surface area contributed by atoms with Crippen LogP contribution >= 0.6 is 0 Å². The number of aliphatic hydroxyl groups excluding tert-OH is 1. The molecule has 0 spiro atoms. The Morgan fingerprint density at radius 3 is 1.41 bits per heavy atom. The monoisotopic (exact) mass is 945 g/mol. The molecule has 0 aliphatic rings. The predicted octanol–water partition coefficient (Wildman–Crippen LogP) is -3.35. The van der Waals surface area contributed by atoms with Crippen LogP contribution in [-0.4, -0.2) is 147 Å². The normalized spacial score (nSPS) is 15.8. The molecule has 0 aliphatic carbocycles. The third-order valence-corrected chi connectivity index (χ3v) is 10.2. The molecule has 0 saturated heterocycles. The van der Waals surface area contributed by atoms with Crippen molar-refractivity contribution in [3.8, 4) is 0 Å². The number of primary amides is 1. The van der Waals surface area contributed by atoms with Gasteiger partial charge in [0.05, 0.1) is 25.0 Å². The summed E-state index contributed by atoms with van der Waals surface area (Å²) in [6.45, 7) is 11.7. The summed E-state index contributed by atoms with van der Waals surface area (Å²) >= 11 is 0. The number of rotatable bonds is 33. The van der Waals surface area contributed by atoms with Crippen molar-refractivity contribution in [3.05, 3.63) is 0 Å². The van der Waals surface area contributed by atoms with Crippen LogP contribution in [0.1, 0.15) is 113 Å². The predicted molar refractivity (Wildman–Crippen MR) is 235 cm³/mol. The largest absolute Gasteiger partial charge is 0.481 e. The van der Waals surface area contributed by atoms with E-state index in [9.17, 15) is 63.0 Å². The number of nitrogens with two attached hydrogens (primary N) is 3. The van der Waals surface area contributed by atoms with E-state index >= 15 is 0 Å². The number of hydrogen-bond donors (Lipinski definition) is 14. The zero-order chi connectivity index (χ0) is 51.0. The Hall–Kier alpha value is -5.95. The Morgan fingerprint density at radius 1 is 0.515 bits per heavy atom. The minimum absolute atomic E-state index is 0.0265. The zero-order valence-corrected chi connectivity index (χ0v) is 38.7. The maximum absolute atomic E-state index is 14.0. The molecule has 376 valence electrons. The van der Waals surface area contributed by atoms with E-state index < -0.39 is 145 Å². The van der Waals surface area contributed by atoms with Crippen LogP contribution in [0, 0.1) is 17.8 Å². The van der Waals surface area contributed by atoms with E-state index in [1.807, 2.05) is 5.32 Å². The fraction of sp³-hybridized carbons (Fsp3) is 0.732. The average Bonchev–Trinajstić information content (AvgIpc) is 3.20. The molecule has 0 unspecified atom stereocenters. The van der Waals surface area contributed by atoms with Gasteiger partial charge in [0.1, 0.15) is 42.3 Å². The van der Waals surface area contributed by atoms with Crippen molar-refractivity contribution >= 4 is 65.2 Å². The number of aliphatic carboxylic acids is 3. The first-order chi connectivity index (χ1) is 30.6. The van der Waals surface area contributed by atoms with Gasteiger partial charge in [-0.2, -0.15) is 0 Å². The molecule has 0 rings (SSSR count). The third kappa shape index (κ3) is 23.3. The molecule has 0 radical (unpaired) electrons.